The van der Waals surface area contributed by atoms with E-state index in [4.69, 9.17) is 0 Å². The van der Waals surface area contributed by atoms with Crippen molar-refractivity contribution in [3.05, 3.63) is 68.1 Å². The molecule has 3 heterocycles. The molecule has 0 saturated carbocycles. The van der Waals surface area contributed by atoms with Crippen molar-refractivity contribution < 1.29 is 9.72 Å². The second-order valence-electron chi connectivity index (χ2n) is 7.89. The highest BCUT2D eigenvalue weighted by Crippen LogP contribution is 2.29. The van der Waals surface area contributed by atoms with Crippen LogP contribution >= 0.6 is 0 Å². The van der Waals surface area contributed by atoms with Gasteiger partial charge in [0.05, 0.1) is 10.5 Å². The molecular formula is C22H23N5O4. The Morgan fingerprint density at radius 3 is 2.84 bits per heavy atom. The summed E-state index contributed by atoms with van der Waals surface area (Å²) in [5.41, 5.74) is 1.73. The maximum atomic E-state index is 13.2. The first-order chi connectivity index (χ1) is 14.8. The molecule has 31 heavy (non-hydrogen) atoms. The summed E-state index contributed by atoms with van der Waals surface area (Å²) in [6.45, 7) is 4.63. The first kappa shape index (κ1) is 20.5. The maximum absolute atomic E-state index is 13.2. The van der Waals surface area contributed by atoms with E-state index in [1.54, 1.807) is 18.2 Å². The van der Waals surface area contributed by atoms with Crippen LogP contribution in [0.4, 0.5) is 17.2 Å². The van der Waals surface area contributed by atoms with Crippen LogP contribution in [0.15, 0.2) is 41.3 Å². The molecule has 2 N–H and O–H groups in total. The number of piperidine rings is 1. The summed E-state index contributed by atoms with van der Waals surface area (Å²) < 4.78 is 0. The molecular weight excluding hydrogens is 398 g/mol. The van der Waals surface area contributed by atoms with Crippen LogP contribution in [0.5, 0.6) is 0 Å². The van der Waals surface area contributed by atoms with Crippen LogP contribution in [0.1, 0.15) is 42.1 Å². The summed E-state index contributed by atoms with van der Waals surface area (Å²) in [6.07, 6.45) is 4.25. The fourth-order valence-corrected chi connectivity index (χ4v) is 4.05. The molecule has 3 aromatic rings. The normalized spacial score (nSPS) is 16.3. The van der Waals surface area contributed by atoms with Crippen molar-refractivity contribution >= 4 is 34.0 Å². The molecule has 1 unspecified atom stereocenters. The third-order valence-electron chi connectivity index (χ3n) is 5.69. The predicted octanol–water partition coefficient (Wildman–Crippen LogP) is 3.77. The smallest absolute Gasteiger partial charge is 0.288 e. The van der Waals surface area contributed by atoms with E-state index in [9.17, 15) is 19.7 Å². The molecule has 4 rings (SSSR count). The molecule has 1 aliphatic heterocycles. The molecule has 9 heteroatoms. The van der Waals surface area contributed by atoms with Crippen LogP contribution in [-0.4, -0.2) is 33.4 Å². The number of carbonyl (C=O) groups is 1. The van der Waals surface area contributed by atoms with Crippen LogP contribution in [0, 0.1) is 17.0 Å². The number of aromatic amines is 1. The van der Waals surface area contributed by atoms with Gasteiger partial charge in [0, 0.05) is 41.3 Å². The minimum Gasteiger partial charge on any atom is -0.353 e. The van der Waals surface area contributed by atoms with Gasteiger partial charge in [-0.2, -0.15) is 0 Å². The van der Waals surface area contributed by atoms with Crippen LogP contribution < -0.4 is 15.8 Å². The van der Waals surface area contributed by atoms with Crippen molar-refractivity contribution in [2.75, 3.05) is 16.8 Å². The number of hydrogen-bond acceptors (Lipinski definition) is 6. The minimum absolute atomic E-state index is 0.168. The minimum atomic E-state index is -0.553. The van der Waals surface area contributed by atoms with E-state index >= 15 is 0 Å². The highest BCUT2D eigenvalue weighted by atomic mass is 16.6. The summed E-state index contributed by atoms with van der Waals surface area (Å²) in [5, 5.41) is 14.9. The lowest BCUT2D eigenvalue weighted by Gasteiger charge is -2.35. The van der Waals surface area contributed by atoms with Gasteiger partial charge >= 0.3 is 0 Å². The van der Waals surface area contributed by atoms with Gasteiger partial charge in [-0.25, -0.2) is 4.98 Å². The lowest BCUT2D eigenvalue weighted by atomic mass is 10.0. The number of aryl methyl sites for hydroxylation is 1. The van der Waals surface area contributed by atoms with Gasteiger partial charge < -0.3 is 15.2 Å². The molecule has 1 atom stereocenters. The highest BCUT2D eigenvalue weighted by molar-refractivity contribution is 6.08. The van der Waals surface area contributed by atoms with Crippen LogP contribution in [-0.2, 0) is 0 Å². The van der Waals surface area contributed by atoms with Gasteiger partial charge in [-0.3, -0.25) is 19.7 Å². The van der Waals surface area contributed by atoms with E-state index in [0.717, 1.165) is 36.8 Å². The van der Waals surface area contributed by atoms with Gasteiger partial charge in [0.2, 0.25) is 5.56 Å². The van der Waals surface area contributed by atoms with Gasteiger partial charge in [0.25, 0.3) is 11.6 Å². The van der Waals surface area contributed by atoms with E-state index in [2.05, 4.69) is 22.2 Å². The number of nitrogens with zero attached hydrogens (tertiary/aromatic N) is 3. The van der Waals surface area contributed by atoms with E-state index in [1.165, 1.54) is 18.3 Å². The molecule has 1 aliphatic rings. The second kappa shape index (κ2) is 8.17. The van der Waals surface area contributed by atoms with Gasteiger partial charge in [0.1, 0.15) is 12.0 Å². The summed E-state index contributed by atoms with van der Waals surface area (Å²) in [4.78, 5) is 44.7. The third-order valence-corrected chi connectivity index (χ3v) is 5.69. The predicted molar refractivity (Wildman–Crippen MR) is 119 cm³/mol. The Hall–Kier alpha value is -3.75. The van der Waals surface area contributed by atoms with Gasteiger partial charge in [-0.15, -0.1) is 0 Å². The van der Waals surface area contributed by atoms with E-state index in [1.807, 2.05) is 11.8 Å². The summed E-state index contributed by atoms with van der Waals surface area (Å²) >= 11 is 0. The zero-order valence-electron chi connectivity index (χ0n) is 17.3. The Balaban J connectivity index is 1.71. The molecule has 0 aliphatic carbocycles. The average Bonchev–Trinajstić information content (AvgIpc) is 2.74. The molecule has 0 radical (unpaired) electrons. The molecule has 1 fully saturated rings. The number of carbonyl (C=O) groups excluding carboxylic acids is 1. The number of benzene rings is 1. The van der Waals surface area contributed by atoms with Crippen molar-refractivity contribution in [2.24, 2.45) is 0 Å². The Labute approximate surface area is 178 Å². The van der Waals surface area contributed by atoms with Gasteiger partial charge in [-0.05, 0) is 56.9 Å². The topological polar surface area (TPSA) is 121 Å². The number of rotatable bonds is 4. The monoisotopic (exact) mass is 421 g/mol. The van der Waals surface area contributed by atoms with Crippen LogP contribution in [0.3, 0.4) is 0 Å². The van der Waals surface area contributed by atoms with Crippen molar-refractivity contribution in [2.45, 2.75) is 39.2 Å². The number of nitro groups is 1. The number of aromatic nitrogens is 2. The fourth-order valence-electron chi connectivity index (χ4n) is 4.05. The molecule has 1 aromatic carbocycles. The molecule has 9 nitrogen and oxygen atoms in total. The third kappa shape index (κ3) is 4.11. The summed E-state index contributed by atoms with van der Waals surface area (Å²) in [6, 6.07) is 8.14. The first-order valence-corrected chi connectivity index (χ1v) is 10.2. The molecule has 160 valence electrons. The zero-order valence-corrected chi connectivity index (χ0v) is 17.3. The quantitative estimate of drug-likeness (QED) is 0.489. The average molecular weight is 421 g/mol. The second-order valence-corrected chi connectivity index (χ2v) is 7.89. The number of H-pyrrole nitrogens is 1. The molecule has 1 amide bonds. The lowest BCUT2D eigenvalue weighted by molar-refractivity contribution is -0.385. The Morgan fingerprint density at radius 2 is 2.10 bits per heavy atom. The largest absolute Gasteiger partial charge is 0.353 e. The van der Waals surface area contributed by atoms with E-state index in [-0.39, 0.29) is 22.9 Å². The summed E-state index contributed by atoms with van der Waals surface area (Å²) in [5.74, 6) is -0.0120. The van der Waals surface area contributed by atoms with Crippen molar-refractivity contribution in [3.8, 4) is 0 Å². The van der Waals surface area contributed by atoms with Gasteiger partial charge in [-0.1, -0.05) is 0 Å². The number of nitrogens with one attached hydrogen (secondary N) is 2. The van der Waals surface area contributed by atoms with Crippen molar-refractivity contribution in [1.29, 1.82) is 0 Å². The van der Waals surface area contributed by atoms with E-state index < -0.39 is 10.8 Å². The molecule has 0 bridgehead atoms. The number of fused-ring (bicyclic) bond motifs is 1. The lowest BCUT2D eigenvalue weighted by Crippen LogP contribution is -2.39. The first-order valence-electron chi connectivity index (χ1n) is 10.2. The van der Waals surface area contributed by atoms with E-state index in [0.29, 0.717) is 17.0 Å². The Morgan fingerprint density at radius 1 is 1.29 bits per heavy atom. The molecule has 0 spiro atoms. The SMILES string of the molecule is Cc1cc(=O)[nH]c2ccc(NC(=O)c3cc([N+](=O)[O-])cnc3N3CCCCC3C)cc12. The standard InChI is InChI=1S/C22H23N5O4/c1-13-9-20(28)25-19-7-6-15(10-17(13)19)24-22(29)18-11-16(27(30)31)12-23-21(18)26-8-4-3-5-14(26)2/h6-7,9-12,14H,3-5,8H2,1-2H3,(H,24,29)(H,25,28). The summed E-state index contributed by atoms with van der Waals surface area (Å²) in [7, 11) is 0. The fraction of sp³-hybridized carbons (Fsp3) is 0.318. The van der Waals surface area contributed by atoms with Crippen LogP contribution in [0.25, 0.3) is 10.9 Å². The Kier molecular flexibility index (Phi) is 5.41. The van der Waals surface area contributed by atoms with Crippen molar-refractivity contribution in [1.82, 2.24) is 9.97 Å². The number of anilines is 2. The number of hydrogen-bond donors (Lipinski definition) is 2. The molecule has 2 aromatic heterocycles. The molecule has 1 saturated heterocycles. The number of amides is 1. The van der Waals surface area contributed by atoms with Gasteiger partial charge in [0.15, 0.2) is 0 Å². The van der Waals surface area contributed by atoms with Crippen LogP contribution in [0.2, 0.25) is 0 Å². The highest BCUT2D eigenvalue weighted by Gasteiger charge is 2.27. The maximum Gasteiger partial charge on any atom is 0.288 e. The Bertz CT molecular complexity index is 1240. The van der Waals surface area contributed by atoms with Crippen molar-refractivity contribution in [3.63, 3.8) is 0 Å². The zero-order chi connectivity index (χ0) is 22.1. The number of pyridine rings is 2.